The zero-order chi connectivity index (χ0) is 14.8. The second kappa shape index (κ2) is 5.69. The van der Waals surface area contributed by atoms with Gasteiger partial charge in [-0.15, -0.1) is 0 Å². The number of hydrogen-bond acceptors (Lipinski definition) is 4. The minimum absolute atomic E-state index is 0.811. The highest BCUT2D eigenvalue weighted by molar-refractivity contribution is 9.10. The number of fused-ring (bicyclic) bond motifs is 1. The standard InChI is InChI=1S/C16H15BrN4/c1-10-15(18-2)19-9-20-16(10)21-14-6-4-11-7-13(17)5-3-12(11)8-14/h3-9H,1-2H3,(H2,18,19,20,21). The fourth-order valence-electron chi connectivity index (χ4n) is 2.26. The van der Waals surface area contributed by atoms with Crippen LogP contribution in [0.2, 0.25) is 0 Å². The van der Waals surface area contributed by atoms with Gasteiger partial charge in [-0.05, 0) is 42.0 Å². The summed E-state index contributed by atoms with van der Waals surface area (Å²) in [6.45, 7) is 1.99. The molecule has 3 rings (SSSR count). The van der Waals surface area contributed by atoms with Crippen molar-refractivity contribution < 1.29 is 0 Å². The van der Waals surface area contributed by atoms with Gasteiger partial charge in [0.15, 0.2) is 0 Å². The van der Waals surface area contributed by atoms with Crippen LogP contribution in [0.4, 0.5) is 17.3 Å². The molecule has 0 saturated carbocycles. The Morgan fingerprint density at radius 3 is 2.48 bits per heavy atom. The Bertz CT molecular complexity index is 801. The Kier molecular flexibility index (Phi) is 3.75. The second-order valence-corrected chi connectivity index (χ2v) is 5.69. The third-order valence-corrected chi connectivity index (χ3v) is 3.88. The van der Waals surface area contributed by atoms with Crippen molar-refractivity contribution in [1.82, 2.24) is 9.97 Å². The summed E-state index contributed by atoms with van der Waals surface area (Å²) in [5.41, 5.74) is 2.00. The molecule has 0 unspecified atom stereocenters. The first kappa shape index (κ1) is 13.8. The molecule has 21 heavy (non-hydrogen) atoms. The molecule has 4 nitrogen and oxygen atoms in total. The molecule has 3 aromatic rings. The van der Waals surface area contributed by atoms with Gasteiger partial charge in [0.1, 0.15) is 18.0 Å². The van der Waals surface area contributed by atoms with Gasteiger partial charge in [-0.25, -0.2) is 9.97 Å². The molecule has 1 heterocycles. The average molecular weight is 343 g/mol. The molecule has 0 aliphatic rings. The first-order valence-corrected chi connectivity index (χ1v) is 7.42. The quantitative estimate of drug-likeness (QED) is 0.736. The summed E-state index contributed by atoms with van der Waals surface area (Å²) in [6.07, 6.45) is 1.55. The molecule has 106 valence electrons. The van der Waals surface area contributed by atoms with Crippen LogP contribution in [0.15, 0.2) is 47.2 Å². The van der Waals surface area contributed by atoms with E-state index >= 15 is 0 Å². The van der Waals surface area contributed by atoms with Gasteiger partial charge in [-0.3, -0.25) is 0 Å². The van der Waals surface area contributed by atoms with Gasteiger partial charge in [-0.2, -0.15) is 0 Å². The van der Waals surface area contributed by atoms with Crippen LogP contribution in [-0.2, 0) is 0 Å². The van der Waals surface area contributed by atoms with E-state index in [1.165, 1.54) is 10.8 Å². The van der Waals surface area contributed by atoms with Crippen LogP contribution < -0.4 is 10.6 Å². The van der Waals surface area contributed by atoms with Crippen LogP contribution in [0.1, 0.15) is 5.56 Å². The number of benzene rings is 2. The number of anilines is 3. The molecule has 0 saturated heterocycles. The molecule has 2 N–H and O–H groups in total. The normalized spacial score (nSPS) is 10.6. The van der Waals surface area contributed by atoms with Gasteiger partial charge < -0.3 is 10.6 Å². The molecule has 2 aromatic carbocycles. The highest BCUT2D eigenvalue weighted by Crippen LogP contribution is 2.26. The monoisotopic (exact) mass is 342 g/mol. The van der Waals surface area contributed by atoms with E-state index in [9.17, 15) is 0 Å². The number of nitrogens with zero attached hydrogens (tertiary/aromatic N) is 2. The molecule has 0 aliphatic heterocycles. The first-order chi connectivity index (χ1) is 10.2. The van der Waals surface area contributed by atoms with E-state index < -0.39 is 0 Å². The van der Waals surface area contributed by atoms with E-state index in [0.717, 1.165) is 27.4 Å². The van der Waals surface area contributed by atoms with Gasteiger partial charge in [0.2, 0.25) is 0 Å². The van der Waals surface area contributed by atoms with Crippen LogP contribution in [0.5, 0.6) is 0 Å². The van der Waals surface area contributed by atoms with E-state index in [1.807, 2.05) is 20.0 Å². The molecule has 0 radical (unpaired) electrons. The number of hydrogen-bond donors (Lipinski definition) is 2. The fraction of sp³-hybridized carbons (Fsp3) is 0.125. The third kappa shape index (κ3) is 2.83. The summed E-state index contributed by atoms with van der Waals surface area (Å²) in [4.78, 5) is 8.50. The van der Waals surface area contributed by atoms with Crippen molar-refractivity contribution in [3.63, 3.8) is 0 Å². The molecule has 5 heteroatoms. The molecular weight excluding hydrogens is 328 g/mol. The highest BCUT2D eigenvalue weighted by Gasteiger charge is 2.06. The molecule has 1 aromatic heterocycles. The number of halogens is 1. The number of rotatable bonds is 3. The van der Waals surface area contributed by atoms with Crippen molar-refractivity contribution >= 4 is 44.0 Å². The molecule has 0 fully saturated rings. The molecule has 0 aliphatic carbocycles. The van der Waals surface area contributed by atoms with Crippen LogP contribution in [0.25, 0.3) is 10.8 Å². The average Bonchev–Trinajstić information content (AvgIpc) is 2.49. The zero-order valence-corrected chi connectivity index (χ0v) is 13.4. The first-order valence-electron chi connectivity index (χ1n) is 6.63. The maximum atomic E-state index is 4.31. The summed E-state index contributed by atoms with van der Waals surface area (Å²) in [5.74, 6) is 1.64. The topological polar surface area (TPSA) is 49.8 Å². The van der Waals surface area contributed by atoms with Crippen molar-refractivity contribution in [2.75, 3.05) is 17.7 Å². The van der Waals surface area contributed by atoms with E-state index in [1.54, 1.807) is 6.33 Å². The lowest BCUT2D eigenvalue weighted by atomic mass is 10.1. The maximum Gasteiger partial charge on any atom is 0.138 e. The van der Waals surface area contributed by atoms with Crippen molar-refractivity contribution in [2.45, 2.75) is 6.92 Å². The van der Waals surface area contributed by atoms with Gasteiger partial charge in [0.25, 0.3) is 0 Å². The van der Waals surface area contributed by atoms with Crippen molar-refractivity contribution in [2.24, 2.45) is 0 Å². The Balaban J connectivity index is 1.96. The van der Waals surface area contributed by atoms with Crippen LogP contribution in [0, 0.1) is 6.92 Å². The molecule has 0 amide bonds. The Hall–Kier alpha value is -2.14. The fourth-order valence-corrected chi connectivity index (χ4v) is 2.64. The Labute approximate surface area is 131 Å². The zero-order valence-electron chi connectivity index (χ0n) is 11.8. The minimum Gasteiger partial charge on any atom is -0.373 e. The number of nitrogens with one attached hydrogen (secondary N) is 2. The third-order valence-electron chi connectivity index (χ3n) is 3.39. The lowest BCUT2D eigenvalue weighted by Gasteiger charge is -2.11. The summed E-state index contributed by atoms with van der Waals surface area (Å²) >= 11 is 3.49. The van der Waals surface area contributed by atoms with E-state index in [2.05, 4.69) is 66.9 Å². The SMILES string of the molecule is CNc1ncnc(Nc2ccc3cc(Br)ccc3c2)c1C. The molecule has 0 atom stereocenters. The van der Waals surface area contributed by atoms with E-state index in [0.29, 0.717) is 0 Å². The lowest BCUT2D eigenvalue weighted by Crippen LogP contribution is -2.02. The van der Waals surface area contributed by atoms with E-state index in [-0.39, 0.29) is 0 Å². The van der Waals surface area contributed by atoms with Gasteiger partial charge in [-0.1, -0.05) is 28.1 Å². The molecule has 0 bridgehead atoms. The Morgan fingerprint density at radius 1 is 0.952 bits per heavy atom. The van der Waals surface area contributed by atoms with Crippen molar-refractivity contribution in [3.05, 3.63) is 52.8 Å². The minimum atomic E-state index is 0.811. The van der Waals surface area contributed by atoms with Gasteiger partial charge in [0.05, 0.1) is 0 Å². The highest BCUT2D eigenvalue weighted by atomic mass is 79.9. The number of aromatic nitrogens is 2. The van der Waals surface area contributed by atoms with Crippen LogP contribution in [0.3, 0.4) is 0 Å². The summed E-state index contributed by atoms with van der Waals surface area (Å²) in [7, 11) is 1.85. The summed E-state index contributed by atoms with van der Waals surface area (Å²) in [6, 6.07) is 12.5. The molecule has 0 spiro atoms. The summed E-state index contributed by atoms with van der Waals surface area (Å²) < 4.78 is 1.08. The largest absolute Gasteiger partial charge is 0.373 e. The predicted molar refractivity (Wildman–Crippen MR) is 91.2 cm³/mol. The second-order valence-electron chi connectivity index (χ2n) is 4.78. The summed E-state index contributed by atoms with van der Waals surface area (Å²) in [5, 5.41) is 8.80. The Morgan fingerprint density at radius 2 is 1.67 bits per heavy atom. The van der Waals surface area contributed by atoms with Crippen molar-refractivity contribution in [3.8, 4) is 0 Å². The van der Waals surface area contributed by atoms with E-state index in [4.69, 9.17) is 0 Å². The lowest BCUT2D eigenvalue weighted by molar-refractivity contribution is 1.12. The van der Waals surface area contributed by atoms with Crippen LogP contribution in [-0.4, -0.2) is 17.0 Å². The van der Waals surface area contributed by atoms with Crippen molar-refractivity contribution in [1.29, 1.82) is 0 Å². The van der Waals surface area contributed by atoms with Gasteiger partial charge in [0, 0.05) is 22.8 Å². The van der Waals surface area contributed by atoms with Gasteiger partial charge >= 0.3 is 0 Å². The molecular formula is C16H15BrN4. The smallest absolute Gasteiger partial charge is 0.138 e. The van der Waals surface area contributed by atoms with Crippen LogP contribution >= 0.6 is 15.9 Å². The maximum absolute atomic E-state index is 4.31. The predicted octanol–water partition coefficient (Wildman–Crippen LogP) is 4.49.